The molecule has 1 aromatic heterocycles. The summed E-state index contributed by atoms with van der Waals surface area (Å²) in [7, 11) is 3.39. The molecule has 8 heteroatoms. The smallest absolute Gasteiger partial charge is 0.278 e. The van der Waals surface area contributed by atoms with E-state index in [1.54, 1.807) is 0 Å². The number of carbonyl (C=O) groups excluding carboxylic acids is 2. The van der Waals surface area contributed by atoms with Gasteiger partial charge in [0.05, 0.1) is 13.7 Å². The fourth-order valence-electron chi connectivity index (χ4n) is 4.26. The van der Waals surface area contributed by atoms with E-state index in [0.717, 1.165) is 43.0 Å². The van der Waals surface area contributed by atoms with Crippen molar-refractivity contribution in [2.45, 2.75) is 19.4 Å². The number of hydrogen-bond donors (Lipinski definition) is 0. The van der Waals surface area contributed by atoms with E-state index < -0.39 is 0 Å². The molecule has 0 N–H and O–H groups in total. The van der Waals surface area contributed by atoms with E-state index in [-0.39, 0.29) is 11.8 Å². The molecule has 28 heavy (non-hydrogen) atoms. The van der Waals surface area contributed by atoms with E-state index in [1.807, 2.05) is 45.7 Å². The highest BCUT2D eigenvalue weighted by atomic mass is 16.7. The largest absolute Gasteiger partial charge is 0.469 e. The van der Waals surface area contributed by atoms with Gasteiger partial charge in [0.2, 0.25) is 0 Å². The minimum atomic E-state index is -0.125. The molecule has 1 saturated heterocycles. The van der Waals surface area contributed by atoms with Crippen molar-refractivity contribution in [2.24, 2.45) is 7.05 Å². The van der Waals surface area contributed by atoms with E-state index in [9.17, 15) is 9.59 Å². The van der Waals surface area contributed by atoms with E-state index in [1.165, 1.54) is 12.2 Å². The standard InChI is InChI=1S/C20H22N4O4/c1-21-16(20(26)22-7-3-4-8-22)10-17-18(21)23(12-28-17)14-5-6-15-13(9-14)11-24(27-2)19(15)25/h5-6,9-10H,3-4,7-8,11-12H2,1-2H3. The lowest BCUT2D eigenvalue weighted by Crippen LogP contribution is -2.30. The molecule has 1 fully saturated rings. The summed E-state index contributed by atoms with van der Waals surface area (Å²) in [6, 6.07) is 7.55. The number of amides is 2. The molecule has 4 heterocycles. The van der Waals surface area contributed by atoms with Crippen molar-refractivity contribution in [3.05, 3.63) is 41.1 Å². The maximum Gasteiger partial charge on any atom is 0.278 e. The molecule has 0 spiro atoms. The van der Waals surface area contributed by atoms with Crippen molar-refractivity contribution in [3.63, 3.8) is 0 Å². The Bertz CT molecular complexity index is 977. The summed E-state index contributed by atoms with van der Waals surface area (Å²) in [4.78, 5) is 34.1. The molecule has 0 bridgehead atoms. The Labute approximate surface area is 162 Å². The fourth-order valence-corrected chi connectivity index (χ4v) is 4.26. The van der Waals surface area contributed by atoms with Gasteiger partial charge in [-0.3, -0.25) is 19.3 Å². The van der Waals surface area contributed by atoms with Crippen LogP contribution in [-0.4, -0.2) is 53.3 Å². The van der Waals surface area contributed by atoms with Crippen LogP contribution in [0, 0.1) is 0 Å². The van der Waals surface area contributed by atoms with Crippen LogP contribution in [0.3, 0.4) is 0 Å². The Morgan fingerprint density at radius 3 is 2.71 bits per heavy atom. The molecule has 3 aliphatic heterocycles. The molecule has 0 unspecified atom stereocenters. The second-order valence-corrected chi connectivity index (χ2v) is 7.34. The highest BCUT2D eigenvalue weighted by Crippen LogP contribution is 2.42. The van der Waals surface area contributed by atoms with Crippen molar-refractivity contribution in [1.29, 1.82) is 0 Å². The van der Waals surface area contributed by atoms with Gasteiger partial charge in [-0.05, 0) is 36.6 Å². The van der Waals surface area contributed by atoms with Crippen LogP contribution in [0.2, 0.25) is 0 Å². The second kappa shape index (κ2) is 6.27. The summed E-state index contributed by atoms with van der Waals surface area (Å²) in [6.45, 7) is 2.42. The predicted molar refractivity (Wildman–Crippen MR) is 102 cm³/mol. The molecule has 2 amide bonds. The van der Waals surface area contributed by atoms with Gasteiger partial charge in [-0.2, -0.15) is 0 Å². The van der Waals surface area contributed by atoms with Crippen LogP contribution >= 0.6 is 0 Å². The first-order valence-corrected chi connectivity index (χ1v) is 9.46. The van der Waals surface area contributed by atoms with Crippen molar-refractivity contribution < 1.29 is 19.2 Å². The average Bonchev–Trinajstić information content (AvgIpc) is 3.47. The number of fused-ring (bicyclic) bond motifs is 2. The third kappa shape index (κ3) is 2.41. The summed E-state index contributed by atoms with van der Waals surface area (Å²) < 4.78 is 7.76. The zero-order valence-electron chi connectivity index (χ0n) is 16.0. The summed E-state index contributed by atoms with van der Waals surface area (Å²) in [6.07, 6.45) is 2.12. The highest BCUT2D eigenvalue weighted by Gasteiger charge is 2.33. The topological polar surface area (TPSA) is 67.2 Å². The lowest BCUT2D eigenvalue weighted by Gasteiger charge is -2.21. The van der Waals surface area contributed by atoms with Crippen LogP contribution in [0.1, 0.15) is 39.3 Å². The third-order valence-electron chi connectivity index (χ3n) is 5.78. The predicted octanol–water partition coefficient (Wildman–Crippen LogP) is 2.27. The number of nitrogens with zero attached hydrogens (tertiary/aromatic N) is 4. The number of benzene rings is 1. The molecule has 2 aromatic rings. The zero-order chi connectivity index (χ0) is 19.4. The molecule has 0 aliphatic carbocycles. The Balaban J connectivity index is 1.48. The summed E-state index contributed by atoms with van der Waals surface area (Å²) in [5.74, 6) is 1.49. The molecular weight excluding hydrogens is 360 g/mol. The van der Waals surface area contributed by atoms with Crippen molar-refractivity contribution >= 4 is 23.3 Å². The van der Waals surface area contributed by atoms with E-state index in [0.29, 0.717) is 30.3 Å². The number of aromatic nitrogens is 1. The quantitative estimate of drug-likeness (QED) is 0.815. The number of likely N-dealkylation sites (tertiary alicyclic amines) is 1. The van der Waals surface area contributed by atoms with E-state index in [4.69, 9.17) is 9.57 Å². The number of hydrogen-bond acceptors (Lipinski definition) is 5. The second-order valence-electron chi connectivity index (χ2n) is 7.34. The molecule has 8 nitrogen and oxygen atoms in total. The van der Waals surface area contributed by atoms with Crippen LogP contribution in [0.4, 0.5) is 11.5 Å². The van der Waals surface area contributed by atoms with E-state index in [2.05, 4.69) is 0 Å². The number of rotatable bonds is 3. The Morgan fingerprint density at radius 2 is 1.96 bits per heavy atom. The summed E-state index contributed by atoms with van der Waals surface area (Å²) in [5.41, 5.74) is 3.13. The van der Waals surface area contributed by atoms with Gasteiger partial charge < -0.3 is 14.2 Å². The molecule has 1 aromatic carbocycles. The van der Waals surface area contributed by atoms with Crippen LogP contribution in [0.5, 0.6) is 5.75 Å². The van der Waals surface area contributed by atoms with Gasteiger partial charge in [0.25, 0.3) is 11.8 Å². The van der Waals surface area contributed by atoms with Gasteiger partial charge in [-0.25, -0.2) is 5.06 Å². The first-order valence-electron chi connectivity index (χ1n) is 9.46. The summed E-state index contributed by atoms with van der Waals surface area (Å²) >= 11 is 0. The fraction of sp³-hybridized carbons (Fsp3) is 0.400. The van der Waals surface area contributed by atoms with Gasteiger partial charge in [0.1, 0.15) is 5.69 Å². The SMILES string of the molecule is CON1Cc2cc(N3COc4cc(C(=O)N5CCCC5)n(C)c43)ccc2C1=O. The first-order chi connectivity index (χ1) is 13.6. The number of hydroxylamine groups is 2. The number of carbonyl (C=O) groups is 2. The lowest BCUT2D eigenvalue weighted by molar-refractivity contribution is -0.0956. The first kappa shape index (κ1) is 17.1. The lowest BCUT2D eigenvalue weighted by atomic mass is 10.1. The summed E-state index contributed by atoms with van der Waals surface area (Å²) in [5, 5.41) is 1.34. The maximum absolute atomic E-state index is 12.8. The zero-order valence-corrected chi connectivity index (χ0v) is 16.0. The third-order valence-corrected chi connectivity index (χ3v) is 5.78. The molecule has 0 radical (unpaired) electrons. The molecule has 5 rings (SSSR count). The van der Waals surface area contributed by atoms with Gasteiger partial charge in [0, 0.05) is 37.5 Å². The van der Waals surface area contributed by atoms with Gasteiger partial charge in [-0.15, -0.1) is 0 Å². The minimum absolute atomic E-state index is 0.0493. The van der Waals surface area contributed by atoms with Crippen molar-refractivity contribution in [3.8, 4) is 5.75 Å². The molecule has 0 atom stereocenters. The van der Waals surface area contributed by atoms with Gasteiger partial charge in [0.15, 0.2) is 18.3 Å². The van der Waals surface area contributed by atoms with Crippen molar-refractivity contribution in [2.75, 3.05) is 31.8 Å². The highest BCUT2D eigenvalue weighted by molar-refractivity contribution is 5.98. The molecule has 0 saturated carbocycles. The minimum Gasteiger partial charge on any atom is -0.469 e. The van der Waals surface area contributed by atoms with E-state index >= 15 is 0 Å². The molecular formula is C20H22N4O4. The number of anilines is 2. The maximum atomic E-state index is 12.8. The Kier molecular flexibility index (Phi) is 3.83. The number of ether oxygens (including phenoxy) is 1. The normalized spacial score (nSPS) is 17.9. The van der Waals surface area contributed by atoms with Crippen molar-refractivity contribution in [1.82, 2.24) is 14.5 Å². The Morgan fingerprint density at radius 1 is 1.18 bits per heavy atom. The van der Waals surface area contributed by atoms with Crippen LogP contribution < -0.4 is 9.64 Å². The van der Waals surface area contributed by atoms with Crippen LogP contribution in [0.25, 0.3) is 0 Å². The molecule has 3 aliphatic rings. The van der Waals surface area contributed by atoms with Gasteiger partial charge >= 0.3 is 0 Å². The van der Waals surface area contributed by atoms with Gasteiger partial charge in [-0.1, -0.05) is 0 Å². The molecule has 146 valence electrons. The monoisotopic (exact) mass is 382 g/mol. The van der Waals surface area contributed by atoms with Crippen LogP contribution in [-0.2, 0) is 18.4 Å². The average molecular weight is 382 g/mol. The van der Waals surface area contributed by atoms with Crippen LogP contribution in [0.15, 0.2) is 24.3 Å². The Hall–Kier alpha value is -3.00.